The second-order valence-electron chi connectivity index (χ2n) is 5.25. The van der Waals surface area contributed by atoms with Crippen molar-refractivity contribution in [2.24, 2.45) is 10.9 Å². The SMILES string of the molecule is CCCCC1=N[C@@H](c2ccccc2)[C@H](C(=O)OCC)C(=O)N1. The number of esters is 1. The molecule has 0 saturated heterocycles. The van der Waals surface area contributed by atoms with Crippen LogP contribution >= 0.6 is 0 Å². The summed E-state index contributed by atoms with van der Waals surface area (Å²) >= 11 is 0. The van der Waals surface area contributed by atoms with E-state index in [0.29, 0.717) is 12.3 Å². The molecule has 1 amide bonds. The van der Waals surface area contributed by atoms with Gasteiger partial charge in [-0.3, -0.25) is 14.6 Å². The third-order valence-corrected chi connectivity index (χ3v) is 3.61. The molecule has 5 heteroatoms. The molecule has 1 aliphatic heterocycles. The average Bonchev–Trinajstić information content (AvgIpc) is 2.53. The van der Waals surface area contributed by atoms with Crippen molar-refractivity contribution < 1.29 is 14.3 Å². The van der Waals surface area contributed by atoms with Gasteiger partial charge in [0.1, 0.15) is 5.84 Å². The first-order valence-electron chi connectivity index (χ1n) is 7.76. The average molecular weight is 302 g/mol. The molecule has 0 radical (unpaired) electrons. The lowest BCUT2D eigenvalue weighted by atomic mass is 9.91. The van der Waals surface area contributed by atoms with Crippen molar-refractivity contribution in [2.75, 3.05) is 6.61 Å². The van der Waals surface area contributed by atoms with Crippen molar-refractivity contribution in [1.82, 2.24) is 5.32 Å². The summed E-state index contributed by atoms with van der Waals surface area (Å²) in [7, 11) is 0. The molecule has 0 aromatic heterocycles. The van der Waals surface area contributed by atoms with E-state index >= 15 is 0 Å². The highest BCUT2D eigenvalue weighted by molar-refractivity contribution is 6.09. The minimum absolute atomic E-state index is 0.247. The molecule has 2 rings (SSSR count). The molecule has 0 fully saturated rings. The van der Waals surface area contributed by atoms with Crippen molar-refractivity contribution >= 4 is 17.7 Å². The Bertz CT molecular complexity index is 554. The standard InChI is InChI=1S/C17H22N2O3/c1-3-5-11-13-18-15(12-9-7-6-8-10-12)14(16(20)19-13)17(21)22-4-2/h6-10,14-15H,3-5,11H2,1-2H3,(H,18,19,20)/t14-,15-/m0/s1. The number of amidine groups is 1. The molecule has 0 saturated carbocycles. The molecule has 0 spiro atoms. The Balaban J connectivity index is 2.33. The fourth-order valence-electron chi connectivity index (χ4n) is 2.49. The molecule has 1 aromatic rings. The van der Waals surface area contributed by atoms with E-state index in [1.54, 1.807) is 6.92 Å². The quantitative estimate of drug-likeness (QED) is 0.649. The maximum Gasteiger partial charge on any atom is 0.321 e. The van der Waals surface area contributed by atoms with Gasteiger partial charge in [-0.25, -0.2) is 0 Å². The number of hydrogen-bond donors (Lipinski definition) is 1. The van der Waals surface area contributed by atoms with Crippen LogP contribution in [0.5, 0.6) is 0 Å². The highest BCUT2D eigenvalue weighted by Gasteiger charge is 2.40. The van der Waals surface area contributed by atoms with Gasteiger partial charge in [-0.15, -0.1) is 0 Å². The Morgan fingerprint density at radius 2 is 2.00 bits per heavy atom. The molecule has 1 aromatic carbocycles. The van der Waals surface area contributed by atoms with Gasteiger partial charge in [-0.2, -0.15) is 0 Å². The first-order chi connectivity index (χ1) is 10.7. The van der Waals surface area contributed by atoms with Crippen molar-refractivity contribution in [2.45, 2.75) is 39.2 Å². The maximum atomic E-state index is 12.4. The molecule has 22 heavy (non-hydrogen) atoms. The summed E-state index contributed by atoms with van der Waals surface area (Å²) in [5, 5.41) is 2.75. The normalized spacial score (nSPS) is 21.0. The van der Waals surface area contributed by atoms with Crippen LogP contribution in [0.4, 0.5) is 0 Å². The molecule has 1 heterocycles. The number of carbonyl (C=O) groups is 2. The third kappa shape index (κ3) is 3.72. The number of ether oxygens (including phenoxy) is 1. The number of hydrogen-bond acceptors (Lipinski definition) is 4. The summed E-state index contributed by atoms with van der Waals surface area (Å²) in [5.41, 5.74) is 0.851. The molecule has 0 bridgehead atoms. The minimum Gasteiger partial charge on any atom is -0.465 e. The molecule has 1 N–H and O–H groups in total. The Labute approximate surface area is 130 Å². The maximum absolute atomic E-state index is 12.4. The lowest BCUT2D eigenvalue weighted by molar-refractivity contribution is -0.153. The molecular formula is C17H22N2O3. The van der Waals surface area contributed by atoms with E-state index in [1.807, 2.05) is 30.3 Å². The van der Waals surface area contributed by atoms with E-state index in [9.17, 15) is 9.59 Å². The van der Waals surface area contributed by atoms with Crippen LogP contribution in [0.15, 0.2) is 35.3 Å². The van der Waals surface area contributed by atoms with Gasteiger partial charge in [-0.05, 0) is 18.9 Å². The topological polar surface area (TPSA) is 67.8 Å². The van der Waals surface area contributed by atoms with Gasteiger partial charge in [0.2, 0.25) is 5.91 Å². The predicted octanol–water partition coefficient (Wildman–Crippen LogP) is 2.63. The van der Waals surface area contributed by atoms with Gasteiger partial charge in [0, 0.05) is 6.42 Å². The summed E-state index contributed by atoms with van der Waals surface area (Å²) in [6, 6.07) is 8.91. The molecule has 118 valence electrons. The number of aliphatic imine (C=N–C) groups is 1. The van der Waals surface area contributed by atoms with Crippen LogP contribution in [0.1, 0.15) is 44.7 Å². The molecule has 1 aliphatic rings. The number of amides is 1. The zero-order valence-electron chi connectivity index (χ0n) is 13.0. The molecule has 5 nitrogen and oxygen atoms in total. The smallest absolute Gasteiger partial charge is 0.321 e. The number of carbonyl (C=O) groups excluding carboxylic acids is 2. The minimum atomic E-state index is -0.923. The highest BCUT2D eigenvalue weighted by Crippen LogP contribution is 2.30. The van der Waals surface area contributed by atoms with Crippen LogP contribution in [0.2, 0.25) is 0 Å². The van der Waals surface area contributed by atoms with Gasteiger partial charge in [0.15, 0.2) is 5.92 Å². The van der Waals surface area contributed by atoms with E-state index in [2.05, 4.69) is 17.2 Å². The monoisotopic (exact) mass is 302 g/mol. The summed E-state index contributed by atoms with van der Waals surface area (Å²) in [6.45, 7) is 4.06. The number of unbranched alkanes of at least 4 members (excludes halogenated alkanes) is 1. The Morgan fingerprint density at radius 3 is 2.64 bits per heavy atom. The summed E-state index contributed by atoms with van der Waals surface area (Å²) in [6.07, 6.45) is 2.68. The van der Waals surface area contributed by atoms with E-state index in [-0.39, 0.29) is 12.5 Å². The summed E-state index contributed by atoms with van der Waals surface area (Å²) < 4.78 is 5.05. The van der Waals surface area contributed by atoms with Crippen LogP contribution in [-0.2, 0) is 14.3 Å². The molecule has 0 unspecified atom stereocenters. The highest BCUT2D eigenvalue weighted by atomic mass is 16.5. The van der Waals surface area contributed by atoms with Crippen LogP contribution in [0.25, 0.3) is 0 Å². The van der Waals surface area contributed by atoms with Crippen molar-refractivity contribution in [3.8, 4) is 0 Å². The van der Waals surface area contributed by atoms with E-state index in [0.717, 1.165) is 18.4 Å². The Morgan fingerprint density at radius 1 is 1.27 bits per heavy atom. The van der Waals surface area contributed by atoms with E-state index < -0.39 is 17.9 Å². The number of nitrogens with one attached hydrogen (secondary N) is 1. The second kappa shape index (κ2) is 7.73. The third-order valence-electron chi connectivity index (χ3n) is 3.61. The molecule has 0 aliphatic carbocycles. The van der Waals surface area contributed by atoms with Crippen molar-refractivity contribution in [3.05, 3.63) is 35.9 Å². The Kier molecular flexibility index (Phi) is 5.69. The van der Waals surface area contributed by atoms with E-state index in [4.69, 9.17) is 4.74 Å². The van der Waals surface area contributed by atoms with Crippen LogP contribution in [-0.4, -0.2) is 24.3 Å². The second-order valence-corrected chi connectivity index (χ2v) is 5.25. The lowest BCUT2D eigenvalue weighted by Gasteiger charge is -2.28. The number of rotatable bonds is 6. The first-order valence-corrected chi connectivity index (χ1v) is 7.76. The van der Waals surface area contributed by atoms with Gasteiger partial charge in [-0.1, -0.05) is 43.7 Å². The lowest BCUT2D eigenvalue weighted by Crippen LogP contribution is -2.46. The van der Waals surface area contributed by atoms with Crippen LogP contribution in [0, 0.1) is 5.92 Å². The van der Waals surface area contributed by atoms with Gasteiger partial charge >= 0.3 is 5.97 Å². The molecule has 2 atom stereocenters. The van der Waals surface area contributed by atoms with Crippen LogP contribution in [0.3, 0.4) is 0 Å². The summed E-state index contributed by atoms with van der Waals surface area (Å²) in [4.78, 5) is 29.1. The van der Waals surface area contributed by atoms with Gasteiger partial charge < -0.3 is 10.1 Å². The van der Waals surface area contributed by atoms with Crippen molar-refractivity contribution in [3.63, 3.8) is 0 Å². The zero-order chi connectivity index (χ0) is 15.9. The largest absolute Gasteiger partial charge is 0.465 e. The fourth-order valence-corrected chi connectivity index (χ4v) is 2.49. The molecular weight excluding hydrogens is 280 g/mol. The van der Waals surface area contributed by atoms with Gasteiger partial charge in [0.25, 0.3) is 0 Å². The number of nitrogens with zero attached hydrogens (tertiary/aromatic N) is 1. The van der Waals surface area contributed by atoms with Gasteiger partial charge in [0.05, 0.1) is 12.6 Å². The zero-order valence-corrected chi connectivity index (χ0v) is 13.0. The summed E-state index contributed by atoms with van der Waals surface area (Å²) in [5.74, 6) is -1.12. The van der Waals surface area contributed by atoms with E-state index in [1.165, 1.54) is 0 Å². The Hall–Kier alpha value is -2.17. The van der Waals surface area contributed by atoms with Crippen LogP contribution < -0.4 is 5.32 Å². The van der Waals surface area contributed by atoms with Crippen molar-refractivity contribution in [1.29, 1.82) is 0 Å². The predicted molar refractivity (Wildman–Crippen MR) is 84.4 cm³/mol. The number of benzene rings is 1. The first kappa shape index (κ1) is 16.2. The fraction of sp³-hybridized carbons (Fsp3) is 0.471.